The average Bonchev–Trinajstić information content (AvgIpc) is 3.15. The van der Waals surface area contributed by atoms with Crippen molar-refractivity contribution in [3.8, 4) is 5.88 Å². The number of aromatic nitrogens is 2. The van der Waals surface area contributed by atoms with Gasteiger partial charge in [-0.1, -0.05) is 18.2 Å². The molecule has 7 heteroatoms. The molecule has 29 heavy (non-hydrogen) atoms. The second kappa shape index (κ2) is 8.78. The van der Waals surface area contributed by atoms with E-state index in [-0.39, 0.29) is 5.91 Å². The van der Waals surface area contributed by atoms with Gasteiger partial charge in [-0.3, -0.25) is 4.79 Å². The van der Waals surface area contributed by atoms with Gasteiger partial charge in [-0.25, -0.2) is 4.98 Å². The SMILES string of the molecule is Cc1cc(C)c2c(OCCCC(=O)N3CCN(c4ccccc4)CC3)nsc2n1. The molecule has 1 saturated heterocycles. The lowest BCUT2D eigenvalue weighted by Gasteiger charge is -2.36. The van der Waals surface area contributed by atoms with Crippen molar-refractivity contribution < 1.29 is 9.53 Å². The molecule has 3 aromatic rings. The molecule has 1 aliphatic rings. The Morgan fingerprint density at radius 2 is 1.90 bits per heavy atom. The number of benzene rings is 1. The molecular formula is C22H26N4O2S. The number of carbonyl (C=O) groups is 1. The Labute approximate surface area is 175 Å². The van der Waals surface area contributed by atoms with Crippen LogP contribution in [0.2, 0.25) is 0 Å². The molecule has 0 N–H and O–H groups in total. The topological polar surface area (TPSA) is 58.6 Å². The second-order valence-electron chi connectivity index (χ2n) is 7.40. The Kier molecular flexibility index (Phi) is 5.94. The van der Waals surface area contributed by atoms with E-state index in [4.69, 9.17) is 4.74 Å². The standard InChI is InChI=1S/C22H26N4O2S/c1-16-15-17(2)23-22-20(16)21(24-29-22)28-14-6-9-19(27)26-12-10-25(11-13-26)18-7-4-3-5-8-18/h3-5,7-8,15H,6,9-14H2,1-2H3. The van der Waals surface area contributed by atoms with E-state index in [0.29, 0.717) is 25.3 Å². The number of ether oxygens (including phenoxy) is 1. The maximum Gasteiger partial charge on any atom is 0.235 e. The van der Waals surface area contributed by atoms with Crippen molar-refractivity contribution in [2.24, 2.45) is 0 Å². The number of amides is 1. The van der Waals surface area contributed by atoms with Crippen LogP contribution in [-0.4, -0.2) is 53.0 Å². The van der Waals surface area contributed by atoms with Gasteiger partial charge in [0.1, 0.15) is 4.83 Å². The van der Waals surface area contributed by atoms with Crippen LogP contribution in [0.5, 0.6) is 5.88 Å². The van der Waals surface area contributed by atoms with Gasteiger partial charge < -0.3 is 14.5 Å². The highest BCUT2D eigenvalue weighted by atomic mass is 32.1. The molecule has 4 rings (SSSR count). The lowest BCUT2D eigenvalue weighted by molar-refractivity contribution is -0.131. The molecule has 2 aromatic heterocycles. The van der Waals surface area contributed by atoms with Gasteiger partial charge in [0.05, 0.1) is 12.0 Å². The van der Waals surface area contributed by atoms with Crippen LogP contribution in [-0.2, 0) is 4.79 Å². The van der Waals surface area contributed by atoms with Crippen molar-refractivity contribution in [3.05, 3.63) is 47.7 Å². The van der Waals surface area contributed by atoms with E-state index in [9.17, 15) is 4.79 Å². The van der Waals surface area contributed by atoms with Gasteiger partial charge in [0.15, 0.2) is 0 Å². The molecule has 0 unspecified atom stereocenters. The van der Waals surface area contributed by atoms with Gasteiger partial charge in [0.2, 0.25) is 11.8 Å². The summed E-state index contributed by atoms with van der Waals surface area (Å²) in [5.74, 6) is 0.844. The molecule has 152 valence electrons. The van der Waals surface area contributed by atoms with Gasteiger partial charge in [0, 0.05) is 44.0 Å². The van der Waals surface area contributed by atoms with Gasteiger partial charge in [-0.15, -0.1) is 0 Å². The Morgan fingerprint density at radius 1 is 1.14 bits per heavy atom. The summed E-state index contributed by atoms with van der Waals surface area (Å²) in [5, 5.41) is 0.990. The Bertz CT molecular complexity index is 981. The van der Waals surface area contributed by atoms with E-state index in [1.807, 2.05) is 24.0 Å². The largest absolute Gasteiger partial charge is 0.477 e. The summed E-state index contributed by atoms with van der Waals surface area (Å²) in [7, 11) is 0. The highest BCUT2D eigenvalue weighted by molar-refractivity contribution is 7.13. The molecule has 0 radical (unpaired) electrons. The number of aryl methyl sites for hydroxylation is 2. The fourth-order valence-electron chi connectivity index (χ4n) is 3.76. The van der Waals surface area contributed by atoms with Crippen molar-refractivity contribution in [2.75, 3.05) is 37.7 Å². The molecular weight excluding hydrogens is 384 g/mol. The quantitative estimate of drug-likeness (QED) is 0.578. The Hall–Kier alpha value is -2.67. The van der Waals surface area contributed by atoms with Gasteiger partial charge in [0.25, 0.3) is 0 Å². The third kappa shape index (κ3) is 4.50. The molecule has 0 aliphatic carbocycles. The van der Waals surface area contributed by atoms with Crippen molar-refractivity contribution in [2.45, 2.75) is 26.7 Å². The summed E-state index contributed by atoms with van der Waals surface area (Å²) in [6.07, 6.45) is 1.19. The minimum Gasteiger partial charge on any atom is -0.477 e. The first-order valence-corrected chi connectivity index (χ1v) is 10.8. The number of fused-ring (bicyclic) bond motifs is 1. The first-order chi connectivity index (χ1) is 14.1. The number of pyridine rings is 1. The molecule has 0 atom stereocenters. The number of rotatable bonds is 6. The zero-order valence-corrected chi connectivity index (χ0v) is 17.7. The monoisotopic (exact) mass is 410 g/mol. The number of hydrogen-bond acceptors (Lipinski definition) is 6. The van der Waals surface area contributed by atoms with Crippen molar-refractivity contribution in [1.29, 1.82) is 0 Å². The van der Waals surface area contributed by atoms with Crippen molar-refractivity contribution in [3.63, 3.8) is 0 Å². The summed E-state index contributed by atoms with van der Waals surface area (Å²) in [4.78, 5) is 22.3. The molecule has 1 aromatic carbocycles. The van der Waals surface area contributed by atoms with E-state index < -0.39 is 0 Å². The highest BCUT2D eigenvalue weighted by Gasteiger charge is 2.21. The first-order valence-electron chi connectivity index (χ1n) is 10.1. The van der Waals surface area contributed by atoms with Crippen LogP contribution in [0.1, 0.15) is 24.1 Å². The smallest absolute Gasteiger partial charge is 0.235 e. The third-order valence-corrected chi connectivity index (χ3v) is 5.99. The molecule has 6 nitrogen and oxygen atoms in total. The molecule has 1 fully saturated rings. The van der Waals surface area contributed by atoms with E-state index in [1.165, 1.54) is 17.2 Å². The normalized spacial score (nSPS) is 14.4. The average molecular weight is 411 g/mol. The number of hydrogen-bond donors (Lipinski definition) is 0. The minimum atomic E-state index is 0.206. The Morgan fingerprint density at radius 3 is 2.66 bits per heavy atom. The van der Waals surface area contributed by atoms with Crippen LogP contribution in [0.4, 0.5) is 5.69 Å². The van der Waals surface area contributed by atoms with E-state index in [2.05, 4.69) is 45.4 Å². The molecule has 0 bridgehead atoms. The zero-order valence-electron chi connectivity index (χ0n) is 16.9. The summed E-state index contributed by atoms with van der Waals surface area (Å²) in [6, 6.07) is 12.4. The number of para-hydroxylation sites is 1. The van der Waals surface area contributed by atoms with Crippen LogP contribution < -0.4 is 9.64 Å². The van der Waals surface area contributed by atoms with Crippen LogP contribution in [0.15, 0.2) is 36.4 Å². The van der Waals surface area contributed by atoms with E-state index >= 15 is 0 Å². The van der Waals surface area contributed by atoms with Crippen molar-refractivity contribution >= 4 is 33.3 Å². The van der Waals surface area contributed by atoms with Gasteiger partial charge in [-0.05, 0) is 55.6 Å². The number of anilines is 1. The van der Waals surface area contributed by atoms with Crippen LogP contribution in [0.25, 0.3) is 10.2 Å². The molecule has 1 amide bonds. The van der Waals surface area contributed by atoms with E-state index in [0.717, 1.165) is 47.7 Å². The number of piperazine rings is 1. The second-order valence-corrected chi connectivity index (χ2v) is 8.16. The van der Waals surface area contributed by atoms with Gasteiger partial charge in [-0.2, -0.15) is 4.37 Å². The molecule has 0 saturated carbocycles. The maximum atomic E-state index is 12.5. The van der Waals surface area contributed by atoms with Crippen LogP contribution in [0, 0.1) is 13.8 Å². The highest BCUT2D eigenvalue weighted by Crippen LogP contribution is 2.30. The van der Waals surface area contributed by atoms with E-state index in [1.54, 1.807) is 0 Å². The fourth-order valence-corrected chi connectivity index (χ4v) is 4.60. The molecule has 1 aliphatic heterocycles. The predicted molar refractivity (Wildman–Crippen MR) is 117 cm³/mol. The zero-order chi connectivity index (χ0) is 20.2. The first kappa shape index (κ1) is 19.6. The summed E-state index contributed by atoms with van der Waals surface area (Å²) in [5.41, 5.74) is 3.34. The molecule has 0 spiro atoms. The number of nitrogens with zero attached hydrogens (tertiary/aromatic N) is 4. The predicted octanol–water partition coefficient (Wildman–Crippen LogP) is 3.82. The summed E-state index contributed by atoms with van der Waals surface area (Å²) >= 11 is 1.36. The van der Waals surface area contributed by atoms with Gasteiger partial charge >= 0.3 is 0 Å². The number of carbonyl (C=O) groups excluding carboxylic acids is 1. The summed E-state index contributed by atoms with van der Waals surface area (Å²) < 4.78 is 10.3. The molecule has 3 heterocycles. The van der Waals surface area contributed by atoms with Crippen molar-refractivity contribution in [1.82, 2.24) is 14.3 Å². The third-order valence-electron chi connectivity index (χ3n) is 5.27. The minimum absolute atomic E-state index is 0.206. The Balaban J connectivity index is 1.23. The van der Waals surface area contributed by atoms with Crippen LogP contribution in [0.3, 0.4) is 0 Å². The lowest BCUT2D eigenvalue weighted by atomic mass is 10.2. The maximum absolute atomic E-state index is 12.5. The lowest BCUT2D eigenvalue weighted by Crippen LogP contribution is -2.48. The fraction of sp³-hybridized carbons (Fsp3) is 0.409. The summed E-state index contributed by atoms with van der Waals surface area (Å²) in [6.45, 7) is 7.83. The van der Waals surface area contributed by atoms with Crippen LogP contribution >= 0.6 is 11.5 Å².